The van der Waals surface area contributed by atoms with Crippen LogP contribution in [0.25, 0.3) is 55.3 Å². The molecule has 0 aliphatic rings. The number of aromatic nitrogens is 7. The summed E-state index contributed by atoms with van der Waals surface area (Å²) in [5.41, 5.74) is 4.96. The number of pyridine rings is 3. The van der Waals surface area contributed by atoms with E-state index in [1.807, 2.05) is 36.6 Å². The number of imidazole rings is 1. The highest BCUT2D eigenvalue weighted by Gasteiger charge is 2.22. The zero-order chi connectivity index (χ0) is 20.9. The lowest BCUT2D eigenvalue weighted by Crippen LogP contribution is -1.94. The Hall–Kier alpha value is -3.98. The Morgan fingerprint density at radius 3 is 2.74 bits per heavy atom. The number of halogens is 1. The quantitative estimate of drug-likeness (QED) is 0.408. The predicted octanol–water partition coefficient (Wildman–Crippen LogP) is 5.13. The molecular formula is C22H14FN7S. The Bertz CT molecular complexity index is 1570. The molecule has 6 rings (SSSR count). The lowest BCUT2D eigenvalue weighted by atomic mass is 10.1. The molecule has 150 valence electrons. The van der Waals surface area contributed by atoms with Gasteiger partial charge in [-0.3, -0.25) is 20.1 Å². The van der Waals surface area contributed by atoms with E-state index < -0.39 is 5.82 Å². The van der Waals surface area contributed by atoms with E-state index in [-0.39, 0.29) is 5.69 Å². The second kappa shape index (κ2) is 6.78. The molecule has 0 fully saturated rings. The second-order valence-corrected chi connectivity index (χ2v) is 8.04. The van der Waals surface area contributed by atoms with Crippen molar-refractivity contribution >= 4 is 33.3 Å². The molecule has 7 nitrogen and oxygen atoms in total. The van der Waals surface area contributed by atoms with Gasteiger partial charge in [-0.05, 0) is 36.1 Å². The molecule has 6 aromatic heterocycles. The fourth-order valence-corrected chi connectivity index (χ4v) is 4.41. The molecule has 0 saturated heterocycles. The maximum atomic E-state index is 15.7. The number of nitrogens with zero attached hydrogens (tertiary/aromatic N) is 5. The molecule has 2 N–H and O–H groups in total. The highest BCUT2D eigenvalue weighted by Crippen LogP contribution is 2.35. The monoisotopic (exact) mass is 427 g/mol. The summed E-state index contributed by atoms with van der Waals surface area (Å²) in [6.45, 7) is 1.90. The van der Waals surface area contributed by atoms with E-state index in [4.69, 9.17) is 4.98 Å². The summed E-state index contributed by atoms with van der Waals surface area (Å²) in [7, 11) is 0. The molecule has 0 unspecified atom stereocenters. The van der Waals surface area contributed by atoms with Crippen LogP contribution in [0.4, 0.5) is 4.39 Å². The number of thiophene rings is 1. The SMILES string of the molecule is Cc1ccncc1-c1ncc2[nH]nc(-c3nc4c(-c5cccs5)nccc4[nH]3)c2c1F. The van der Waals surface area contributed by atoms with E-state index in [1.54, 1.807) is 36.1 Å². The number of hydrogen-bond acceptors (Lipinski definition) is 6. The van der Waals surface area contributed by atoms with E-state index in [9.17, 15) is 0 Å². The van der Waals surface area contributed by atoms with Crippen LogP contribution in [0.1, 0.15) is 5.56 Å². The van der Waals surface area contributed by atoms with Gasteiger partial charge < -0.3 is 4.98 Å². The third-order valence-electron chi connectivity index (χ3n) is 5.22. The Morgan fingerprint density at radius 2 is 1.90 bits per heavy atom. The van der Waals surface area contributed by atoms with Gasteiger partial charge in [0.2, 0.25) is 0 Å². The van der Waals surface area contributed by atoms with Crippen LogP contribution in [0.5, 0.6) is 0 Å². The average molecular weight is 427 g/mol. The Balaban J connectivity index is 1.57. The molecule has 0 bridgehead atoms. The summed E-state index contributed by atoms with van der Waals surface area (Å²) in [5, 5.41) is 9.53. The lowest BCUT2D eigenvalue weighted by molar-refractivity contribution is 0.638. The van der Waals surface area contributed by atoms with E-state index in [2.05, 4.69) is 30.1 Å². The number of aryl methyl sites for hydroxylation is 1. The molecule has 6 aromatic rings. The Kier molecular flexibility index (Phi) is 3.90. The van der Waals surface area contributed by atoms with Crippen molar-refractivity contribution in [1.29, 1.82) is 0 Å². The van der Waals surface area contributed by atoms with Crippen molar-refractivity contribution in [2.45, 2.75) is 6.92 Å². The standard InChI is InChI=1S/C22H14FN7S/c1-11-4-6-24-9-12(11)18-17(23)16-14(10-26-18)29-30-21(16)22-27-13-5-7-25-20(19(13)28-22)15-3-2-8-31-15/h2-10H,1H3,(H,27,28)(H,29,30). The van der Waals surface area contributed by atoms with Gasteiger partial charge in [-0.25, -0.2) is 9.37 Å². The van der Waals surface area contributed by atoms with Gasteiger partial charge in [0.15, 0.2) is 11.6 Å². The molecule has 0 aliphatic carbocycles. The zero-order valence-corrected chi connectivity index (χ0v) is 17.0. The minimum atomic E-state index is -0.464. The number of rotatable bonds is 3. The van der Waals surface area contributed by atoms with Crippen molar-refractivity contribution in [1.82, 2.24) is 35.1 Å². The second-order valence-electron chi connectivity index (χ2n) is 7.09. The summed E-state index contributed by atoms with van der Waals surface area (Å²) in [5.74, 6) is 0.000395. The number of hydrogen-bond donors (Lipinski definition) is 2. The maximum absolute atomic E-state index is 15.7. The molecule has 0 aliphatic heterocycles. The fraction of sp³-hybridized carbons (Fsp3) is 0.0455. The van der Waals surface area contributed by atoms with Crippen LogP contribution in [-0.2, 0) is 0 Å². The first-order chi connectivity index (χ1) is 15.2. The van der Waals surface area contributed by atoms with Crippen LogP contribution >= 0.6 is 11.3 Å². The molecule has 0 aromatic carbocycles. The predicted molar refractivity (Wildman–Crippen MR) is 118 cm³/mol. The van der Waals surface area contributed by atoms with Crippen molar-refractivity contribution < 1.29 is 4.39 Å². The van der Waals surface area contributed by atoms with Gasteiger partial charge in [0, 0.05) is 24.2 Å². The molecule has 0 atom stereocenters. The number of H-pyrrole nitrogens is 2. The van der Waals surface area contributed by atoms with Crippen LogP contribution in [0.15, 0.2) is 54.4 Å². The summed E-state index contributed by atoms with van der Waals surface area (Å²) >= 11 is 1.59. The molecule has 31 heavy (non-hydrogen) atoms. The van der Waals surface area contributed by atoms with E-state index >= 15 is 4.39 Å². The van der Waals surface area contributed by atoms with Crippen molar-refractivity contribution in [2.75, 3.05) is 0 Å². The molecule has 0 amide bonds. The lowest BCUT2D eigenvalue weighted by Gasteiger charge is -2.06. The van der Waals surface area contributed by atoms with Crippen molar-refractivity contribution in [3.05, 3.63) is 65.8 Å². The number of aromatic amines is 2. The fourth-order valence-electron chi connectivity index (χ4n) is 3.69. The van der Waals surface area contributed by atoms with Crippen LogP contribution < -0.4 is 0 Å². The number of nitrogens with one attached hydrogen (secondary N) is 2. The van der Waals surface area contributed by atoms with Crippen molar-refractivity contribution in [2.24, 2.45) is 0 Å². The van der Waals surface area contributed by atoms with Gasteiger partial charge in [0.05, 0.1) is 27.5 Å². The molecule has 9 heteroatoms. The summed E-state index contributed by atoms with van der Waals surface area (Å²) in [6, 6.07) is 7.65. The largest absolute Gasteiger partial charge is 0.336 e. The molecular weight excluding hydrogens is 413 g/mol. The van der Waals surface area contributed by atoms with Crippen molar-refractivity contribution in [3.63, 3.8) is 0 Å². The van der Waals surface area contributed by atoms with Crippen LogP contribution in [0.2, 0.25) is 0 Å². The van der Waals surface area contributed by atoms with Gasteiger partial charge >= 0.3 is 0 Å². The normalized spacial score (nSPS) is 11.5. The van der Waals surface area contributed by atoms with Gasteiger partial charge in [-0.15, -0.1) is 11.3 Å². The summed E-state index contributed by atoms with van der Waals surface area (Å²) in [4.78, 5) is 21.9. The van der Waals surface area contributed by atoms with Crippen LogP contribution in [0.3, 0.4) is 0 Å². The van der Waals surface area contributed by atoms with Crippen LogP contribution in [-0.4, -0.2) is 35.1 Å². The minimum Gasteiger partial charge on any atom is -0.336 e. The molecule has 0 saturated carbocycles. The highest BCUT2D eigenvalue weighted by molar-refractivity contribution is 7.13. The maximum Gasteiger partial charge on any atom is 0.161 e. The highest BCUT2D eigenvalue weighted by atomic mass is 32.1. The summed E-state index contributed by atoms with van der Waals surface area (Å²) in [6.07, 6.45) is 6.60. The minimum absolute atomic E-state index is 0.234. The molecule has 6 heterocycles. The van der Waals surface area contributed by atoms with E-state index in [1.165, 1.54) is 0 Å². The first-order valence-corrected chi connectivity index (χ1v) is 10.4. The van der Waals surface area contributed by atoms with Crippen LogP contribution in [0, 0.1) is 12.7 Å². The van der Waals surface area contributed by atoms with Gasteiger partial charge in [-0.1, -0.05) is 6.07 Å². The molecule has 0 radical (unpaired) electrons. The van der Waals surface area contributed by atoms with Gasteiger partial charge in [-0.2, -0.15) is 5.10 Å². The van der Waals surface area contributed by atoms with Crippen molar-refractivity contribution in [3.8, 4) is 33.3 Å². The summed E-state index contributed by atoms with van der Waals surface area (Å²) < 4.78 is 15.7. The molecule has 0 spiro atoms. The third-order valence-corrected chi connectivity index (χ3v) is 6.10. The smallest absolute Gasteiger partial charge is 0.161 e. The first kappa shape index (κ1) is 17.8. The Morgan fingerprint density at radius 1 is 0.968 bits per heavy atom. The first-order valence-electron chi connectivity index (χ1n) is 9.53. The third kappa shape index (κ3) is 2.74. The number of fused-ring (bicyclic) bond motifs is 2. The average Bonchev–Trinajstić information content (AvgIpc) is 3.53. The topological polar surface area (TPSA) is 96.0 Å². The van der Waals surface area contributed by atoms with E-state index in [0.29, 0.717) is 33.5 Å². The van der Waals surface area contributed by atoms with Gasteiger partial charge in [0.25, 0.3) is 0 Å². The Labute approximate surface area is 179 Å². The van der Waals surface area contributed by atoms with Gasteiger partial charge in [0.1, 0.15) is 22.6 Å². The van der Waals surface area contributed by atoms with E-state index in [0.717, 1.165) is 21.7 Å². The zero-order valence-electron chi connectivity index (χ0n) is 16.2.